The van der Waals surface area contributed by atoms with E-state index in [-0.39, 0.29) is 6.61 Å². The fourth-order valence-corrected chi connectivity index (χ4v) is 3.99. The summed E-state index contributed by atoms with van der Waals surface area (Å²) in [7, 11) is 0. The van der Waals surface area contributed by atoms with Crippen molar-refractivity contribution in [2.45, 2.75) is 31.4 Å². The lowest BCUT2D eigenvalue weighted by Gasteiger charge is -2.13. The van der Waals surface area contributed by atoms with Crippen molar-refractivity contribution in [2.24, 2.45) is 5.92 Å². The highest BCUT2D eigenvalue weighted by molar-refractivity contribution is 7.98. The van der Waals surface area contributed by atoms with Crippen molar-refractivity contribution in [1.82, 2.24) is 0 Å². The van der Waals surface area contributed by atoms with Crippen molar-refractivity contribution in [3.8, 4) is 22.6 Å². The van der Waals surface area contributed by atoms with Crippen molar-refractivity contribution < 1.29 is 19.4 Å². The first-order chi connectivity index (χ1) is 14.9. The molecule has 0 saturated heterocycles. The molecule has 0 radical (unpaired) electrons. The van der Waals surface area contributed by atoms with Crippen LogP contribution in [0.2, 0.25) is 0 Å². The summed E-state index contributed by atoms with van der Waals surface area (Å²) in [6, 6.07) is 22.6. The number of aliphatic carboxylic acids is 1. The lowest BCUT2D eigenvalue weighted by Crippen LogP contribution is -2.09. The van der Waals surface area contributed by atoms with Crippen molar-refractivity contribution >= 4 is 17.7 Å². The van der Waals surface area contributed by atoms with E-state index in [1.54, 1.807) is 11.8 Å². The van der Waals surface area contributed by atoms with Crippen molar-refractivity contribution in [3.63, 3.8) is 0 Å². The normalized spacial score (nSPS) is 10.8. The predicted octanol–water partition coefficient (Wildman–Crippen LogP) is 6.45. The van der Waals surface area contributed by atoms with E-state index >= 15 is 0 Å². The van der Waals surface area contributed by atoms with E-state index in [1.807, 2.05) is 43.3 Å². The van der Waals surface area contributed by atoms with Gasteiger partial charge in [0.2, 0.25) is 0 Å². The number of hydrogen-bond acceptors (Lipinski definition) is 4. The third kappa shape index (κ3) is 7.07. The van der Waals surface area contributed by atoms with Crippen LogP contribution in [0.3, 0.4) is 0 Å². The van der Waals surface area contributed by atoms with Crippen LogP contribution in [-0.2, 0) is 10.5 Å². The molecule has 3 rings (SSSR count). The number of benzene rings is 3. The first-order valence-electron chi connectivity index (χ1n) is 10.3. The van der Waals surface area contributed by atoms with Gasteiger partial charge in [-0.1, -0.05) is 50.2 Å². The summed E-state index contributed by atoms with van der Waals surface area (Å²) in [5, 5.41) is 8.79. The van der Waals surface area contributed by atoms with Gasteiger partial charge < -0.3 is 14.6 Å². The molecule has 4 nitrogen and oxygen atoms in total. The SMILES string of the molecule is Cc1cc(SCc2cc(OCC(C)C)cc(-c3ccccc3)c2)ccc1OCC(=O)O. The fraction of sp³-hybridized carbons (Fsp3) is 0.269. The third-order valence-electron chi connectivity index (χ3n) is 4.56. The standard InChI is InChI=1S/C26H28O4S/c1-18(2)15-29-23-13-20(12-22(14-23)21-7-5-4-6-8-21)17-31-24-9-10-25(19(3)11-24)30-16-26(27)28/h4-14,18H,15-17H2,1-3H3,(H,27,28). The second-order valence-electron chi connectivity index (χ2n) is 7.83. The average Bonchev–Trinajstić information content (AvgIpc) is 2.76. The molecule has 0 bridgehead atoms. The lowest BCUT2D eigenvalue weighted by molar-refractivity contribution is -0.139. The Kier molecular flexibility index (Phi) is 8.01. The van der Waals surface area contributed by atoms with E-state index in [0.29, 0.717) is 18.3 Å². The van der Waals surface area contributed by atoms with Gasteiger partial charge in [0.25, 0.3) is 0 Å². The van der Waals surface area contributed by atoms with E-state index in [4.69, 9.17) is 14.6 Å². The second kappa shape index (κ2) is 10.9. The Hall–Kier alpha value is -2.92. The molecule has 0 aliphatic carbocycles. The van der Waals surface area contributed by atoms with Gasteiger partial charge in [0.15, 0.2) is 6.61 Å². The van der Waals surface area contributed by atoms with Gasteiger partial charge in [-0.25, -0.2) is 4.79 Å². The number of hydrogen-bond donors (Lipinski definition) is 1. The Balaban J connectivity index is 1.76. The van der Waals surface area contributed by atoms with Crippen LogP contribution < -0.4 is 9.47 Å². The summed E-state index contributed by atoms with van der Waals surface area (Å²) < 4.78 is 11.3. The van der Waals surface area contributed by atoms with E-state index < -0.39 is 5.97 Å². The molecule has 0 amide bonds. The Labute approximate surface area is 188 Å². The molecule has 0 saturated carbocycles. The molecular formula is C26H28O4S. The van der Waals surface area contributed by atoms with E-state index in [0.717, 1.165) is 27.5 Å². The van der Waals surface area contributed by atoms with Crippen LogP contribution in [0.25, 0.3) is 11.1 Å². The fourth-order valence-electron chi connectivity index (χ4n) is 3.07. The van der Waals surface area contributed by atoms with Crippen LogP contribution in [0.1, 0.15) is 25.0 Å². The zero-order valence-corrected chi connectivity index (χ0v) is 18.9. The van der Waals surface area contributed by atoms with Crippen LogP contribution in [0.15, 0.2) is 71.6 Å². The van der Waals surface area contributed by atoms with Gasteiger partial charge in [-0.2, -0.15) is 0 Å². The monoisotopic (exact) mass is 436 g/mol. The molecule has 1 N–H and O–H groups in total. The van der Waals surface area contributed by atoms with E-state index in [2.05, 4.69) is 44.2 Å². The van der Waals surface area contributed by atoms with Crippen LogP contribution in [0, 0.1) is 12.8 Å². The Morgan fingerprint density at radius 2 is 1.74 bits per heavy atom. The molecule has 3 aromatic carbocycles. The van der Waals surface area contributed by atoms with Crippen LogP contribution >= 0.6 is 11.8 Å². The minimum Gasteiger partial charge on any atom is -0.493 e. The topological polar surface area (TPSA) is 55.8 Å². The van der Waals surface area contributed by atoms with Gasteiger partial charge in [0.05, 0.1) is 6.61 Å². The summed E-state index contributed by atoms with van der Waals surface area (Å²) in [4.78, 5) is 11.8. The van der Waals surface area contributed by atoms with E-state index in [9.17, 15) is 4.79 Å². The largest absolute Gasteiger partial charge is 0.493 e. The highest BCUT2D eigenvalue weighted by atomic mass is 32.2. The quantitative estimate of drug-likeness (QED) is 0.370. The number of carbonyl (C=O) groups is 1. The summed E-state index contributed by atoms with van der Waals surface area (Å²) in [6.45, 7) is 6.56. The molecule has 0 aliphatic rings. The first-order valence-corrected chi connectivity index (χ1v) is 11.3. The van der Waals surface area contributed by atoms with Gasteiger partial charge in [-0.3, -0.25) is 0 Å². The van der Waals surface area contributed by atoms with Crippen molar-refractivity contribution in [1.29, 1.82) is 0 Å². The van der Waals surface area contributed by atoms with Gasteiger partial charge in [0.1, 0.15) is 11.5 Å². The molecular weight excluding hydrogens is 408 g/mol. The minimum atomic E-state index is -0.980. The zero-order valence-electron chi connectivity index (χ0n) is 18.1. The number of carboxylic acid groups (broad SMARTS) is 1. The number of aryl methyl sites for hydroxylation is 1. The minimum absolute atomic E-state index is 0.335. The van der Waals surface area contributed by atoms with Gasteiger partial charge in [-0.15, -0.1) is 11.8 Å². The number of thioether (sulfide) groups is 1. The smallest absolute Gasteiger partial charge is 0.341 e. The van der Waals surface area contributed by atoms with Crippen LogP contribution in [-0.4, -0.2) is 24.3 Å². The maximum absolute atomic E-state index is 10.7. The number of carboxylic acids is 1. The zero-order chi connectivity index (χ0) is 22.2. The summed E-state index contributed by atoms with van der Waals surface area (Å²) in [6.07, 6.45) is 0. The summed E-state index contributed by atoms with van der Waals surface area (Å²) in [5.41, 5.74) is 4.42. The number of rotatable bonds is 10. The van der Waals surface area contributed by atoms with Gasteiger partial charge in [0, 0.05) is 10.6 Å². The second-order valence-corrected chi connectivity index (χ2v) is 8.88. The van der Waals surface area contributed by atoms with Crippen LogP contribution in [0.4, 0.5) is 0 Å². The molecule has 0 aliphatic heterocycles. The van der Waals surface area contributed by atoms with E-state index in [1.165, 1.54) is 11.1 Å². The molecule has 31 heavy (non-hydrogen) atoms. The Morgan fingerprint density at radius 1 is 0.968 bits per heavy atom. The highest BCUT2D eigenvalue weighted by Gasteiger charge is 2.08. The predicted molar refractivity (Wildman–Crippen MR) is 126 cm³/mol. The van der Waals surface area contributed by atoms with Crippen molar-refractivity contribution in [3.05, 3.63) is 77.9 Å². The maximum atomic E-state index is 10.7. The molecule has 0 spiro atoms. The molecule has 0 fully saturated rings. The molecule has 162 valence electrons. The average molecular weight is 437 g/mol. The molecule has 3 aromatic rings. The van der Waals surface area contributed by atoms with Crippen LogP contribution in [0.5, 0.6) is 11.5 Å². The van der Waals surface area contributed by atoms with Gasteiger partial charge in [-0.05, 0) is 65.4 Å². The highest BCUT2D eigenvalue weighted by Crippen LogP contribution is 2.32. The summed E-state index contributed by atoms with van der Waals surface area (Å²) >= 11 is 1.73. The molecule has 0 heterocycles. The summed E-state index contributed by atoms with van der Waals surface area (Å²) in [5.74, 6) is 1.77. The third-order valence-corrected chi connectivity index (χ3v) is 5.62. The van der Waals surface area contributed by atoms with Gasteiger partial charge >= 0.3 is 5.97 Å². The maximum Gasteiger partial charge on any atom is 0.341 e. The number of ether oxygens (including phenoxy) is 2. The Bertz CT molecular complexity index is 1020. The van der Waals surface area contributed by atoms with Crippen molar-refractivity contribution in [2.75, 3.05) is 13.2 Å². The molecule has 0 aromatic heterocycles. The lowest BCUT2D eigenvalue weighted by atomic mass is 10.0. The molecule has 5 heteroatoms. The Morgan fingerprint density at radius 3 is 2.42 bits per heavy atom. The molecule has 0 unspecified atom stereocenters. The first kappa shape index (κ1) is 22.8. The molecule has 0 atom stereocenters.